The molecule has 0 aliphatic heterocycles. The van der Waals surface area contributed by atoms with E-state index in [9.17, 15) is 17.2 Å². The Kier molecular flexibility index (Phi) is 5.33. The third-order valence-corrected chi connectivity index (χ3v) is 3.99. The highest BCUT2D eigenvalue weighted by Gasteiger charge is 2.09. The zero-order chi connectivity index (χ0) is 17.0. The van der Waals surface area contributed by atoms with E-state index < -0.39 is 21.7 Å². The molecule has 0 spiro atoms. The number of anilines is 1. The normalized spacial score (nSPS) is 12.9. The van der Waals surface area contributed by atoms with Crippen LogP contribution in [0.2, 0.25) is 0 Å². The lowest BCUT2D eigenvalue weighted by Crippen LogP contribution is -2.21. The summed E-state index contributed by atoms with van der Waals surface area (Å²) in [5, 5.41) is 3.18. The van der Waals surface area contributed by atoms with Crippen LogP contribution >= 0.6 is 0 Å². The van der Waals surface area contributed by atoms with Crippen molar-refractivity contribution >= 4 is 15.7 Å². The molecule has 0 aliphatic carbocycles. The summed E-state index contributed by atoms with van der Waals surface area (Å²) < 4.78 is 50.7. The van der Waals surface area contributed by atoms with E-state index in [2.05, 4.69) is 10.0 Å². The van der Waals surface area contributed by atoms with E-state index >= 15 is 0 Å². The second-order valence-corrected chi connectivity index (χ2v) is 7.16. The Labute approximate surface area is 134 Å². The zero-order valence-corrected chi connectivity index (χ0v) is 13.6. The maximum absolute atomic E-state index is 13.3. The van der Waals surface area contributed by atoms with Crippen molar-refractivity contribution in [1.29, 1.82) is 0 Å². The summed E-state index contributed by atoms with van der Waals surface area (Å²) in [4.78, 5) is 0. The number of nitrogens with one attached hydrogen (secondary N) is 2. The van der Waals surface area contributed by atoms with Crippen LogP contribution in [0.15, 0.2) is 42.5 Å². The van der Waals surface area contributed by atoms with Crippen LogP contribution in [0.4, 0.5) is 14.5 Å². The van der Waals surface area contributed by atoms with Gasteiger partial charge < -0.3 is 5.32 Å². The molecule has 0 aliphatic rings. The molecule has 0 aromatic heterocycles. The van der Waals surface area contributed by atoms with E-state index in [1.165, 1.54) is 6.07 Å². The maximum Gasteiger partial charge on any atom is 0.209 e. The van der Waals surface area contributed by atoms with Crippen molar-refractivity contribution in [2.45, 2.75) is 19.5 Å². The van der Waals surface area contributed by atoms with E-state index in [1.54, 1.807) is 24.3 Å². The van der Waals surface area contributed by atoms with Gasteiger partial charge in [0.15, 0.2) is 11.6 Å². The van der Waals surface area contributed by atoms with Gasteiger partial charge in [0.25, 0.3) is 0 Å². The first-order chi connectivity index (χ1) is 10.7. The summed E-state index contributed by atoms with van der Waals surface area (Å²) in [6, 6.07) is 10.8. The van der Waals surface area contributed by atoms with Gasteiger partial charge in [-0.2, -0.15) is 0 Å². The molecule has 0 saturated heterocycles. The Hall–Kier alpha value is -1.99. The second-order valence-electron chi connectivity index (χ2n) is 5.33. The van der Waals surface area contributed by atoms with Gasteiger partial charge >= 0.3 is 0 Å². The molecule has 0 amide bonds. The van der Waals surface area contributed by atoms with Crippen molar-refractivity contribution in [2.75, 3.05) is 11.6 Å². The van der Waals surface area contributed by atoms with Gasteiger partial charge in [0.1, 0.15) is 0 Å². The molecule has 2 aromatic carbocycles. The SMILES string of the molecule is C[C@H](Nc1ccc(CNS(C)(=O)=O)cc1)c1ccc(F)c(F)c1. The van der Waals surface area contributed by atoms with Crippen molar-refractivity contribution in [3.63, 3.8) is 0 Å². The van der Waals surface area contributed by atoms with E-state index in [1.807, 2.05) is 6.92 Å². The number of hydrogen-bond donors (Lipinski definition) is 2. The first-order valence-electron chi connectivity index (χ1n) is 6.99. The molecule has 1 atom stereocenters. The number of halogens is 2. The number of hydrogen-bond acceptors (Lipinski definition) is 3. The molecule has 0 radical (unpaired) electrons. The lowest BCUT2D eigenvalue weighted by atomic mass is 10.1. The van der Waals surface area contributed by atoms with Crippen LogP contribution in [0.5, 0.6) is 0 Å². The Bertz CT molecular complexity index is 777. The average molecular weight is 340 g/mol. The van der Waals surface area contributed by atoms with Gasteiger partial charge in [-0.15, -0.1) is 0 Å². The molecule has 4 nitrogen and oxygen atoms in total. The highest BCUT2D eigenvalue weighted by Crippen LogP contribution is 2.21. The van der Waals surface area contributed by atoms with Crippen LogP contribution in [0.3, 0.4) is 0 Å². The molecule has 124 valence electrons. The van der Waals surface area contributed by atoms with Gasteiger partial charge in [-0.05, 0) is 42.3 Å². The molecule has 0 heterocycles. The monoisotopic (exact) mass is 340 g/mol. The van der Waals surface area contributed by atoms with Gasteiger partial charge in [0.05, 0.1) is 6.26 Å². The minimum absolute atomic E-state index is 0.204. The molecule has 0 fully saturated rings. The summed E-state index contributed by atoms with van der Waals surface area (Å²) in [5.41, 5.74) is 2.25. The quantitative estimate of drug-likeness (QED) is 0.849. The fourth-order valence-corrected chi connectivity index (χ4v) is 2.48. The highest BCUT2D eigenvalue weighted by atomic mass is 32.2. The standard InChI is InChI=1S/C16H18F2N2O2S/c1-11(13-5-8-15(17)16(18)9-13)20-14-6-3-12(4-7-14)10-19-23(2,21)22/h3-9,11,19-20H,10H2,1-2H3/t11-/m0/s1. The number of benzene rings is 2. The predicted molar refractivity (Wildman–Crippen MR) is 86.5 cm³/mol. The molecule has 2 N–H and O–H groups in total. The summed E-state index contributed by atoms with van der Waals surface area (Å²) in [6.07, 6.45) is 1.10. The number of sulfonamides is 1. The van der Waals surface area contributed by atoms with Crippen LogP contribution in [0.25, 0.3) is 0 Å². The molecule has 0 saturated carbocycles. The molecule has 0 unspecified atom stereocenters. The predicted octanol–water partition coefficient (Wildman–Crippen LogP) is 3.19. The van der Waals surface area contributed by atoms with Gasteiger partial charge in [0.2, 0.25) is 10.0 Å². The van der Waals surface area contributed by atoms with Gasteiger partial charge in [-0.25, -0.2) is 21.9 Å². The molecule has 0 bridgehead atoms. The van der Waals surface area contributed by atoms with Crippen molar-refractivity contribution in [2.24, 2.45) is 0 Å². The summed E-state index contributed by atoms with van der Waals surface area (Å²) in [5.74, 6) is -1.75. The second kappa shape index (κ2) is 7.06. The Morgan fingerprint density at radius 2 is 1.70 bits per heavy atom. The van der Waals surface area contributed by atoms with Crippen molar-refractivity contribution < 1.29 is 17.2 Å². The average Bonchev–Trinajstić information content (AvgIpc) is 2.48. The first-order valence-corrected chi connectivity index (χ1v) is 8.89. The zero-order valence-electron chi connectivity index (χ0n) is 12.8. The van der Waals surface area contributed by atoms with Gasteiger partial charge in [-0.3, -0.25) is 0 Å². The minimum Gasteiger partial charge on any atom is -0.379 e. The van der Waals surface area contributed by atoms with Crippen LogP contribution in [0.1, 0.15) is 24.1 Å². The first kappa shape index (κ1) is 17.4. The van der Waals surface area contributed by atoms with E-state index in [4.69, 9.17) is 0 Å². The summed E-state index contributed by atoms with van der Waals surface area (Å²) >= 11 is 0. The Balaban J connectivity index is 2.01. The summed E-state index contributed by atoms with van der Waals surface area (Å²) in [6.45, 7) is 2.06. The minimum atomic E-state index is -3.23. The fourth-order valence-electron chi connectivity index (χ4n) is 2.05. The molecule has 2 aromatic rings. The van der Waals surface area contributed by atoms with E-state index in [-0.39, 0.29) is 12.6 Å². The smallest absolute Gasteiger partial charge is 0.209 e. The molecular formula is C16H18F2N2O2S. The maximum atomic E-state index is 13.3. The van der Waals surface area contributed by atoms with Crippen LogP contribution in [0, 0.1) is 11.6 Å². The molecule has 7 heteroatoms. The molecule has 23 heavy (non-hydrogen) atoms. The van der Waals surface area contributed by atoms with Crippen LogP contribution in [-0.2, 0) is 16.6 Å². The van der Waals surface area contributed by atoms with Crippen LogP contribution < -0.4 is 10.0 Å². The fraction of sp³-hybridized carbons (Fsp3) is 0.250. The van der Waals surface area contributed by atoms with Gasteiger partial charge in [-0.1, -0.05) is 18.2 Å². The molecule has 2 rings (SSSR count). The highest BCUT2D eigenvalue weighted by molar-refractivity contribution is 7.88. The third-order valence-electron chi connectivity index (χ3n) is 3.32. The van der Waals surface area contributed by atoms with Crippen molar-refractivity contribution in [3.05, 3.63) is 65.2 Å². The topological polar surface area (TPSA) is 58.2 Å². The number of rotatable bonds is 6. The lowest BCUT2D eigenvalue weighted by Gasteiger charge is -2.16. The Morgan fingerprint density at radius 3 is 2.26 bits per heavy atom. The summed E-state index contributed by atoms with van der Waals surface area (Å²) in [7, 11) is -3.23. The Morgan fingerprint density at radius 1 is 1.04 bits per heavy atom. The van der Waals surface area contributed by atoms with Crippen molar-refractivity contribution in [1.82, 2.24) is 4.72 Å². The largest absolute Gasteiger partial charge is 0.379 e. The van der Waals surface area contributed by atoms with E-state index in [0.29, 0.717) is 5.56 Å². The third kappa shape index (κ3) is 5.30. The van der Waals surface area contributed by atoms with E-state index in [0.717, 1.165) is 29.6 Å². The van der Waals surface area contributed by atoms with Crippen molar-refractivity contribution in [3.8, 4) is 0 Å². The molecular weight excluding hydrogens is 322 g/mol. The lowest BCUT2D eigenvalue weighted by molar-refractivity contribution is 0.506. The van der Waals surface area contributed by atoms with Gasteiger partial charge in [0, 0.05) is 18.3 Å². The van der Waals surface area contributed by atoms with Crippen LogP contribution in [-0.4, -0.2) is 14.7 Å².